The first kappa shape index (κ1) is 18.5. The van der Waals surface area contributed by atoms with Gasteiger partial charge in [-0.15, -0.1) is 0 Å². The fourth-order valence-corrected chi connectivity index (χ4v) is 4.31. The number of rotatable bonds is 5. The molecule has 5 heteroatoms. The van der Waals surface area contributed by atoms with Gasteiger partial charge in [0.15, 0.2) is 0 Å². The third-order valence-electron chi connectivity index (χ3n) is 5.73. The number of aryl methyl sites for hydroxylation is 1. The van der Waals surface area contributed by atoms with Crippen molar-refractivity contribution in [1.29, 1.82) is 0 Å². The summed E-state index contributed by atoms with van der Waals surface area (Å²) in [5.74, 6) is -0.328. The van der Waals surface area contributed by atoms with Crippen LogP contribution in [0.15, 0.2) is 12.1 Å². The minimum absolute atomic E-state index is 0.238. The lowest BCUT2D eigenvalue weighted by Gasteiger charge is -2.41. The molecule has 4 nitrogen and oxygen atoms in total. The zero-order chi connectivity index (χ0) is 17.8. The molecular formula is C20H32FN3O. The van der Waals surface area contributed by atoms with Crippen molar-refractivity contribution >= 4 is 11.4 Å². The van der Waals surface area contributed by atoms with Gasteiger partial charge in [-0.2, -0.15) is 0 Å². The molecule has 25 heavy (non-hydrogen) atoms. The molecule has 2 fully saturated rings. The monoisotopic (exact) mass is 349 g/mol. The van der Waals surface area contributed by atoms with E-state index in [1.165, 1.54) is 31.7 Å². The molecule has 1 aromatic rings. The van der Waals surface area contributed by atoms with Crippen LogP contribution in [-0.2, 0) is 4.74 Å². The number of hydrogen-bond donors (Lipinski definition) is 2. The molecule has 0 aromatic heterocycles. The van der Waals surface area contributed by atoms with Gasteiger partial charge in [0.1, 0.15) is 5.82 Å². The number of nitrogens with two attached hydrogens (primary N) is 1. The molecular weight excluding hydrogens is 317 g/mol. The maximum atomic E-state index is 13.8. The van der Waals surface area contributed by atoms with Crippen LogP contribution >= 0.6 is 0 Å². The molecule has 3 N–H and O–H groups in total. The smallest absolute Gasteiger partial charge is 0.148 e. The number of nitrogen functional groups attached to an aromatic ring is 1. The lowest BCUT2D eigenvalue weighted by Crippen LogP contribution is -2.46. The van der Waals surface area contributed by atoms with Gasteiger partial charge in [-0.3, -0.25) is 0 Å². The van der Waals surface area contributed by atoms with Crippen molar-refractivity contribution in [1.82, 2.24) is 4.90 Å². The van der Waals surface area contributed by atoms with Crippen LogP contribution in [0.2, 0.25) is 0 Å². The highest BCUT2D eigenvalue weighted by molar-refractivity contribution is 5.68. The Bertz CT molecular complexity index is 564. The molecule has 1 saturated heterocycles. The normalized spacial score (nSPS) is 25.9. The lowest BCUT2D eigenvalue weighted by molar-refractivity contribution is 0.00994. The number of likely N-dealkylation sites (tertiary alicyclic amines) is 1. The highest BCUT2D eigenvalue weighted by atomic mass is 19.1. The number of piperidine rings is 1. The van der Waals surface area contributed by atoms with Crippen LogP contribution in [0, 0.1) is 12.7 Å². The molecule has 1 aliphatic carbocycles. The first-order valence-electron chi connectivity index (χ1n) is 9.74. The summed E-state index contributed by atoms with van der Waals surface area (Å²) < 4.78 is 19.6. The fourth-order valence-electron chi connectivity index (χ4n) is 4.31. The van der Waals surface area contributed by atoms with E-state index in [-0.39, 0.29) is 11.5 Å². The van der Waals surface area contributed by atoms with Crippen LogP contribution in [0.1, 0.15) is 51.0 Å². The fraction of sp³-hybridized carbons (Fsp3) is 0.700. The predicted octanol–water partition coefficient (Wildman–Crippen LogP) is 3.94. The minimum atomic E-state index is -0.328. The van der Waals surface area contributed by atoms with Crippen LogP contribution in [0.3, 0.4) is 0 Å². The third kappa shape index (κ3) is 4.64. The molecule has 0 radical (unpaired) electrons. The van der Waals surface area contributed by atoms with Crippen molar-refractivity contribution in [3.05, 3.63) is 23.5 Å². The van der Waals surface area contributed by atoms with Crippen molar-refractivity contribution in [2.45, 2.75) is 70.6 Å². The topological polar surface area (TPSA) is 50.5 Å². The average molecular weight is 349 g/mol. The van der Waals surface area contributed by atoms with Gasteiger partial charge in [0.25, 0.3) is 0 Å². The molecule has 0 bridgehead atoms. The summed E-state index contributed by atoms with van der Waals surface area (Å²) in [6.45, 7) is 7.02. The Hall–Kier alpha value is -1.33. The summed E-state index contributed by atoms with van der Waals surface area (Å²) in [7, 11) is 0. The first-order chi connectivity index (χ1) is 12.1. The average Bonchev–Trinajstić information content (AvgIpc) is 2.61. The van der Waals surface area contributed by atoms with Crippen LogP contribution in [-0.4, -0.2) is 42.8 Å². The Labute approximate surface area is 150 Å². The largest absolute Gasteiger partial charge is 0.395 e. The number of nitrogens with zero attached hydrogens (tertiary/aromatic N) is 1. The van der Waals surface area contributed by atoms with E-state index in [1.807, 2.05) is 13.0 Å². The van der Waals surface area contributed by atoms with E-state index in [1.54, 1.807) is 0 Å². The van der Waals surface area contributed by atoms with Crippen LogP contribution in [0.25, 0.3) is 0 Å². The first-order valence-corrected chi connectivity index (χ1v) is 9.74. The van der Waals surface area contributed by atoms with E-state index in [4.69, 9.17) is 10.5 Å². The molecule has 0 spiro atoms. The summed E-state index contributed by atoms with van der Waals surface area (Å²) >= 11 is 0. The molecule has 0 amide bonds. The van der Waals surface area contributed by atoms with Gasteiger partial charge >= 0.3 is 0 Å². The van der Waals surface area contributed by atoms with Crippen molar-refractivity contribution < 1.29 is 9.13 Å². The lowest BCUT2D eigenvalue weighted by atomic mass is 9.90. The molecule has 2 aliphatic rings. The van der Waals surface area contributed by atoms with Crippen molar-refractivity contribution in [3.63, 3.8) is 0 Å². The molecule has 0 unspecified atom stereocenters. The van der Waals surface area contributed by atoms with Crippen LogP contribution in [0.4, 0.5) is 15.8 Å². The maximum Gasteiger partial charge on any atom is 0.148 e. The number of anilines is 2. The van der Waals surface area contributed by atoms with Gasteiger partial charge in [0.2, 0.25) is 0 Å². The number of halogens is 1. The van der Waals surface area contributed by atoms with Crippen LogP contribution in [0.5, 0.6) is 0 Å². The Morgan fingerprint density at radius 1 is 1.16 bits per heavy atom. The number of ether oxygens (including phenoxy) is 1. The van der Waals surface area contributed by atoms with E-state index in [2.05, 4.69) is 17.1 Å². The minimum Gasteiger partial charge on any atom is -0.395 e. The highest BCUT2D eigenvalue weighted by Crippen LogP contribution is 2.29. The van der Waals surface area contributed by atoms with Crippen LogP contribution < -0.4 is 11.1 Å². The van der Waals surface area contributed by atoms with E-state index >= 15 is 0 Å². The van der Waals surface area contributed by atoms with E-state index in [9.17, 15) is 4.39 Å². The van der Waals surface area contributed by atoms with Gasteiger partial charge in [0.05, 0.1) is 17.5 Å². The number of benzene rings is 1. The van der Waals surface area contributed by atoms with Crippen molar-refractivity contribution in [3.8, 4) is 0 Å². The Kier molecular flexibility index (Phi) is 6.18. The van der Waals surface area contributed by atoms with Gasteiger partial charge in [-0.25, -0.2) is 4.39 Å². The molecule has 140 valence electrons. The second-order valence-corrected chi connectivity index (χ2v) is 7.55. The SMILES string of the molecule is CCOC1CCC(N2CCC(Nc3cc(C)cc(F)c3N)CC2)CC1. The second kappa shape index (κ2) is 8.37. The van der Waals surface area contributed by atoms with E-state index in [0.717, 1.165) is 43.8 Å². The van der Waals surface area contributed by atoms with Gasteiger partial charge < -0.3 is 20.7 Å². The summed E-state index contributed by atoms with van der Waals surface area (Å²) in [5.41, 5.74) is 7.77. The van der Waals surface area contributed by atoms with E-state index in [0.29, 0.717) is 18.2 Å². The third-order valence-corrected chi connectivity index (χ3v) is 5.73. The maximum absolute atomic E-state index is 13.8. The quantitative estimate of drug-likeness (QED) is 0.791. The number of hydrogen-bond acceptors (Lipinski definition) is 4. The van der Waals surface area contributed by atoms with Crippen molar-refractivity contribution in [2.24, 2.45) is 0 Å². The van der Waals surface area contributed by atoms with E-state index < -0.39 is 0 Å². The Morgan fingerprint density at radius 2 is 1.84 bits per heavy atom. The number of nitrogens with one attached hydrogen (secondary N) is 1. The van der Waals surface area contributed by atoms with Gasteiger partial charge in [-0.1, -0.05) is 0 Å². The zero-order valence-electron chi connectivity index (χ0n) is 15.6. The molecule has 3 rings (SSSR count). The van der Waals surface area contributed by atoms with Crippen molar-refractivity contribution in [2.75, 3.05) is 30.7 Å². The highest BCUT2D eigenvalue weighted by Gasteiger charge is 2.29. The summed E-state index contributed by atoms with van der Waals surface area (Å²) in [4.78, 5) is 2.64. The Morgan fingerprint density at radius 3 is 2.48 bits per heavy atom. The van der Waals surface area contributed by atoms with Gasteiger partial charge in [0, 0.05) is 31.8 Å². The molecule has 1 heterocycles. The Balaban J connectivity index is 1.48. The molecule has 0 atom stereocenters. The predicted molar refractivity (Wildman–Crippen MR) is 101 cm³/mol. The molecule has 1 aromatic carbocycles. The summed E-state index contributed by atoms with van der Waals surface area (Å²) in [6, 6.07) is 4.51. The summed E-state index contributed by atoms with van der Waals surface area (Å²) in [5, 5.41) is 3.47. The zero-order valence-corrected chi connectivity index (χ0v) is 15.6. The standard InChI is InChI=1S/C20H32FN3O/c1-3-25-17-6-4-16(5-7-17)24-10-8-15(9-11-24)23-19-13-14(2)12-18(21)20(19)22/h12-13,15-17,23H,3-11,22H2,1-2H3. The van der Waals surface area contributed by atoms with Gasteiger partial charge in [-0.05, 0) is 70.1 Å². The second-order valence-electron chi connectivity index (χ2n) is 7.55. The molecule has 1 aliphatic heterocycles. The molecule has 1 saturated carbocycles. The summed E-state index contributed by atoms with van der Waals surface area (Å²) in [6.07, 6.45) is 7.52.